The second-order valence-corrected chi connectivity index (χ2v) is 5.57. The molecule has 1 amide bonds. The van der Waals surface area contributed by atoms with E-state index in [1.54, 1.807) is 0 Å². The van der Waals surface area contributed by atoms with Crippen molar-refractivity contribution in [1.29, 1.82) is 0 Å². The van der Waals surface area contributed by atoms with E-state index in [-0.39, 0.29) is 5.91 Å². The molecule has 1 aromatic rings. The highest BCUT2D eigenvalue weighted by Gasteiger charge is 2.15. The van der Waals surface area contributed by atoms with E-state index in [1.807, 2.05) is 4.90 Å². The summed E-state index contributed by atoms with van der Waals surface area (Å²) in [5.41, 5.74) is 2.35. The molecule has 19 heavy (non-hydrogen) atoms. The van der Waals surface area contributed by atoms with Gasteiger partial charge in [-0.05, 0) is 42.9 Å². The molecule has 1 aromatic carbocycles. The van der Waals surface area contributed by atoms with Gasteiger partial charge in [0.1, 0.15) is 0 Å². The first-order valence-electron chi connectivity index (χ1n) is 7.28. The third kappa shape index (κ3) is 3.98. The van der Waals surface area contributed by atoms with Crippen LogP contribution in [0.3, 0.4) is 0 Å². The van der Waals surface area contributed by atoms with Gasteiger partial charge in [0, 0.05) is 18.8 Å². The van der Waals surface area contributed by atoms with Crippen LogP contribution >= 0.6 is 0 Å². The topological polar surface area (TPSA) is 32.3 Å². The average Bonchev–Trinajstić information content (AvgIpc) is 2.46. The summed E-state index contributed by atoms with van der Waals surface area (Å²) < 4.78 is 0. The van der Waals surface area contributed by atoms with Crippen LogP contribution in [0, 0.1) is 0 Å². The number of anilines is 1. The highest BCUT2D eigenvalue weighted by atomic mass is 16.2. The minimum Gasteiger partial charge on any atom is -0.376 e. The van der Waals surface area contributed by atoms with E-state index < -0.39 is 0 Å². The number of likely N-dealkylation sites (tertiary alicyclic amines) is 1. The number of carbonyl (C=O) groups excluding carboxylic acids is 1. The fourth-order valence-corrected chi connectivity index (χ4v) is 2.42. The van der Waals surface area contributed by atoms with Crippen LogP contribution in [0.4, 0.5) is 5.69 Å². The van der Waals surface area contributed by atoms with E-state index in [1.165, 1.54) is 12.0 Å². The number of amides is 1. The van der Waals surface area contributed by atoms with Crippen LogP contribution in [0.2, 0.25) is 0 Å². The molecule has 3 heteroatoms. The van der Waals surface area contributed by atoms with Gasteiger partial charge in [-0.3, -0.25) is 4.79 Å². The number of rotatable bonds is 4. The molecule has 104 valence electrons. The molecule has 0 aromatic heterocycles. The Kier molecular flexibility index (Phi) is 4.83. The SMILES string of the molecule is CC(C)c1ccc(NCC(=O)N2CCCCC2)cc1. The van der Waals surface area contributed by atoms with Crippen molar-refractivity contribution in [2.75, 3.05) is 25.0 Å². The van der Waals surface area contributed by atoms with Crippen molar-refractivity contribution in [3.8, 4) is 0 Å². The molecule has 0 atom stereocenters. The summed E-state index contributed by atoms with van der Waals surface area (Å²) in [6.45, 7) is 6.62. The van der Waals surface area contributed by atoms with Gasteiger partial charge in [0.25, 0.3) is 0 Å². The molecule has 1 aliphatic heterocycles. The zero-order chi connectivity index (χ0) is 13.7. The minimum absolute atomic E-state index is 0.215. The maximum absolute atomic E-state index is 12.0. The smallest absolute Gasteiger partial charge is 0.241 e. The lowest BCUT2D eigenvalue weighted by atomic mass is 10.0. The lowest BCUT2D eigenvalue weighted by Crippen LogP contribution is -2.39. The third-order valence-corrected chi connectivity index (χ3v) is 3.73. The summed E-state index contributed by atoms with van der Waals surface area (Å²) in [7, 11) is 0. The first-order chi connectivity index (χ1) is 9.16. The monoisotopic (exact) mass is 260 g/mol. The quantitative estimate of drug-likeness (QED) is 0.901. The van der Waals surface area contributed by atoms with Crippen molar-refractivity contribution in [3.05, 3.63) is 29.8 Å². The van der Waals surface area contributed by atoms with E-state index >= 15 is 0 Å². The van der Waals surface area contributed by atoms with Gasteiger partial charge >= 0.3 is 0 Å². The summed E-state index contributed by atoms with van der Waals surface area (Å²) in [6.07, 6.45) is 3.55. The van der Waals surface area contributed by atoms with Crippen molar-refractivity contribution in [2.24, 2.45) is 0 Å². The van der Waals surface area contributed by atoms with Gasteiger partial charge in [0.15, 0.2) is 0 Å². The Hall–Kier alpha value is -1.51. The predicted molar refractivity (Wildman–Crippen MR) is 79.5 cm³/mol. The lowest BCUT2D eigenvalue weighted by molar-refractivity contribution is -0.130. The van der Waals surface area contributed by atoms with Gasteiger partial charge in [-0.15, -0.1) is 0 Å². The summed E-state index contributed by atoms with van der Waals surface area (Å²) in [4.78, 5) is 14.0. The molecule has 1 saturated heterocycles. The van der Waals surface area contributed by atoms with Crippen LogP contribution < -0.4 is 5.32 Å². The number of nitrogens with one attached hydrogen (secondary N) is 1. The highest BCUT2D eigenvalue weighted by Crippen LogP contribution is 2.17. The van der Waals surface area contributed by atoms with Crippen molar-refractivity contribution >= 4 is 11.6 Å². The first kappa shape index (κ1) is 13.9. The molecule has 0 saturated carbocycles. The van der Waals surface area contributed by atoms with Gasteiger partial charge in [-0.25, -0.2) is 0 Å². The summed E-state index contributed by atoms with van der Waals surface area (Å²) in [6, 6.07) is 8.36. The second-order valence-electron chi connectivity index (χ2n) is 5.57. The molecule has 1 aliphatic rings. The van der Waals surface area contributed by atoms with E-state index in [4.69, 9.17) is 0 Å². The van der Waals surface area contributed by atoms with Crippen LogP contribution in [0.5, 0.6) is 0 Å². The Morgan fingerprint density at radius 2 is 1.79 bits per heavy atom. The number of benzene rings is 1. The van der Waals surface area contributed by atoms with Crippen molar-refractivity contribution in [3.63, 3.8) is 0 Å². The zero-order valence-electron chi connectivity index (χ0n) is 12.0. The van der Waals surface area contributed by atoms with Crippen LogP contribution in [0.15, 0.2) is 24.3 Å². The van der Waals surface area contributed by atoms with Gasteiger partial charge < -0.3 is 10.2 Å². The van der Waals surface area contributed by atoms with Crippen LogP contribution in [-0.2, 0) is 4.79 Å². The van der Waals surface area contributed by atoms with Crippen LogP contribution in [-0.4, -0.2) is 30.4 Å². The molecule has 0 radical (unpaired) electrons. The average molecular weight is 260 g/mol. The molecule has 2 rings (SSSR count). The molecule has 1 N–H and O–H groups in total. The molecule has 0 spiro atoms. The van der Waals surface area contributed by atoms with Gasteiger partial charge in [-0.1, -0.05) is 26.0 Å². The van der Waals surface area contributed by atoms with Crippen LogP contribution in [0.25, 0.3) is 0 Å². The largest absolute Gasteiger partial charge is 0.376 e. The lowest BCUT2D eigenvalue weighted by Gasteiger charge is -2.26. The zero-order valence-corrected chi connectivity index (χ0v) is 12.0. The molecule has 0 aliphatic carbocycles. The summed E-state index contributed by atoms with van der Waals surface area (Å²) >= 11 is 0. The second kappa shape index (κ2) is 6.60. The molecule has 0 bridgehead atoms. The molecule has 0 unspecified atom stereocenters. The van der Waals surface area contributed by atoms with E-state index in [2.05, 4.69) is 43.4 Å². The van der Waals surface area contributed by atoms with Gasteiger partial charge in [-0.2, -0.15) is 0 Å². The normalized spacial score (nSPS) is 15.6. The molecule has 3 nitrogen and oxygen atoms in total. The number of piperidine rings is 1. The fraction of sp³-hybridized carbons (Fsp3) is 0.562. The molecular weight excluding hydrogens is 236 g/mol. The number of carbonyl (C=O) groups is 1. The first-order valence-corrected chi connectivity index (χ1v) is 7.28. The van der Waals surface area contributed by atoms with Crippen molar-refractivity contribution in [2.45, 2.75) is 39.0 Å². The maximum atomic E-state index is 12.0. The van der Waals surface area contributed by atoms with Crippen molar-refractivity contribution < 1.29 is 4.79 Å². The van der Waals surface area contributed by atoms with E-state index in [0.717, 1.165) is 31.6 Å². The van der Waals surface area contributed by atoms with Gasteiger partial charge in [0.05, 0.1) is 6.54 Å². The molecule has 1 fully saturated rings. The van der Waals surface area contributed by atoms with E-state index in [9.17, 15) is 4.79 Å². The number of hydrogen-bond acceptors (Lipinski definition) is 2. The Morgan fingerprint density at radius 3 is 2.37 bits per heavy atom. The number of hydrogen-bond donors (Lipinski definition) is 1. The minimum atomic E-state index is 0.215. The van der Waals surface area contributed by atoms with E-state index in [0.29, 0.717) is 12.5 Å². The molecule has 1 heterocycles. The maximum Gasteiger partial charge on any atom is 0.241 e. The Morgan fingerprint density at radius 1 is 1.16 bits per heavy atom. The predicted octanol–water partition coefficient (Wildman–Crippen LogP) is 3.23. The fourth-order valence-electron chi connectivity index (χ4n) is 2.42. The highest BCUT2D eigenvalue weighted by molar-refractivity contribution is 5.80. The molecular formula is C16H24N2O. The Labute approximate surface area is 116 Å². The van der Waals surface area contributed by atoms with Crippen molar-refractivity contribution in [1.82, 2.24) is 4.90 Å². The van der Waals surface area contributed by atoms with Gasteiger partial charge in [0.2, 0.25) is 5.91 Å². The third-order valence-electron chi connectivity index (χ3n) is 3.73. The number of nitrogens with zero attached hydrogens (tertiary/aromatic N) is 1. The van der Waals surface area contributed by atoms with Crippen LogP contribution in [0.1, 0.15) is 44.6 Å². The standard InChI is InChI=1S/C16H24N2O/c1-13(2)14-6-8-15(9-7-14)17-12-16(19)18-10-4-3-5-11-18/h6-9,13,17H,3-5,10-12H2,1-2H3. The summed E-state index contributed by atoms with van der Waals surface area (Å²) in [5, 5.41) is 3.22. The Bertz CT molecular complexity index is 405. The summed E-state index contributed by atoms with van der Waals surface area (Å²) in [5.74, 6) is 0.761. The Balaban J connectivity index is 1.82.